The number of aromatic nitrogens is 5. The summed E-state index contributed by atoms with van der Waals surface area (Å²) >= 11 is 0. The highest BCUT2D eigenvalue weighted by Gasteiger charge is 2.29. The van der Waals surface area contributed by atoms with Crippen LogP contribution in [-0.4, -0.2) is 62.6 Å². The van der Waals surface area contributed by atoms with Gasteiger partial charge < -0.3 is 14.4 Å². The molecule has 1 N–H and O–H groups in total. The van der Waals surface area contributed by atoms with Crippen molar-refractivity contribution in [2.45, 2.75) is 13.0 Å². The zero-order valence-corrected chi connectivity index (χ0v) is 15.1. The van der Waals surface area contributed by atoms with Crippen LogP contribution in [0.5, 0.6) is 5.75 Å². The van der Waals surface area contributed by atoms with E-state index < -0.39 is 0 Å². The molecule has 0 aliphatic carbocycles. The van der Waals surface area contributed by atoms with Crippen LogP contribution in [0.4, 0.5) is 0 Å². The summed E-state index contributed by atoms with van der Waals surface area (Å²) in [6.07, 6.45) is 1.43. The third-order valence-electron chi connectivity index (χ3n) is 4.40. The number of carbonyl (C=O) groups is 1. The summed E-state index contributed by atoms with van der Waals surface area (Å²) in [5, 5.41) is 11.4. The van der Waals surface area contributed by atoms with Crippen molar-refractivity contribution in [3.63, 3.8) is 0 Å². The number of carbonyl (C=O) groups excluding carboxylic acids is 1. The number of hydrogen-bond donors (Lipinski definition) is 1. The van der Waals surface area contributed by atoms with Gasteiger partial charge in [0.1, 0.15) is 17.7 Å². The number of aromatic amines is 1. The second kappa shape index (κ2) is 7.20. The van der Waals surface area contributed by atoms with E-state index in [0.29, 0.717) is 31.2 Å². The van der Waals surface area contributed by atoms with Crippen LogP contribution < -0.4 is 4.74 Å². The molecule has 3 heterocycles. The summed E-state index contributed by atoms with van der Waals surface area (Å²) in [7, 11) is 1.62. The van der Waals surface area contributed by atoms with E-state index in [2.05, 4.69) is 20.3 Å². The second-order valence-corrected chi connectivity index (χ2v) is 6.23. The first kappa shape index (κ1) is 17.2. The molecule has 1 saturated heterocycles. The molecule has 1 aliphatic rings. The topological polar surface area (TPSA) is 98.2 Å². The number of morpholine rings is 1. The maximum Gasteiger partial charge on any atom is 0.274 e. The number of rotatable bonds is 4. The molecule has 1 atom stereocenters. The van der Waals surface area contributed by atoms with Crippen molar-refractivity contribution in [1.29, 1.82) is 0 Å². The number of methoxy groups -OCH3 is 1. The van der Waals surface area contributed by atoms with E-state index in [4.69, 9.17) is 9.47 Å². The normalized spacial score (nSPS) is 17.1. The third-order valence-corrected chi connectivity index (χ3v) is 4.40. The van der Waals surface area contributed by atoms with Gasteiger partial charge in [0.25, 0.3) is 5.91 Å². The van der Waals surface area contributed by atoms with Crippen LogP contribution in [0, 0.1) is 6.92 Å². The van der Waals surface area contributed by atoms with Crippen molar-refractivity contribution < 1.29 is 14.3 Å². The Kier molecular flexibility index (Phi) is 4.59. The third kappa shape index (κ3) is 3.54. The van der Waals surface area contributed by atoms with Crippen LogP contribution in [-0.2, 0) is 4.74 Å². The fourth-order valence-electron chi connectivity index (χ4n) is 2.97. The highest BCUT2D eigenvalue weighted by molar-refractivity contribution is 5.92. The number of aryl methyl sites for hydroxylation is 1. The van der Waals surface area contributed by atoms with Gasteiger partial charge in [-0.1, -0.05) is 0 Å². The van der Waals surface area contributed by atoms with Gasteiger partial charge in [0.05, 0.1) is 25.9 Å². The number of hydrogen-bond acceptors (Lipinski definition) is 6. The van der Waals surface area contributed by atoms with Crippen molar-refractivity contribution in [3.05, 3.63) is 53.9 Å². The lowest BCUT2D eigenvalue weighted by atomic mass is 10.2. The molecule has 0 spiro atoms. The van der Waals surface area contributed by atoms with Gasteiger partial charge >= 0.3 is 0 Å². The predicted octanol–water partition coefficient (Wildman–Crippen LogP) is 1.52. The molecule has 9 heteroatoms. The van der Waals surface area contributed by atoms with Crippen LogP contribution in [0.25, 0.3) is 5.69 Å². The summed E-state index contributed by atoms with van der Waals surface area (Å²) in [5.41, 5.74) is 1.24. The van der Waals surface area contributed by atoms with Crippen molar-refractivity contribution in [2.24, 2.45) is 0 Å². The molecule has 1 aromatic carbocycles. The van der Waals surface area contributed by atoms with E-state index in [1.807, 2.05) is 31.2 Å². The van der Waals surface area contributed by atoms with Gasteiger partial charge in [0.15, 0.2) is 11.5 Å². The summed E-state index contributed by atoms with van der Waals surface area (Å²) in [4.78, 5) is 18.9. The minimum absolute atomic E-state index is 0.136. The Labute approximate surface area is 155 Å². The minimum atomic E-state index is -0.337. The van der Waals surface area contributed by atoms with E-state index in [0.717, 1.165) is 17.3 Å². The maximum atomic E-state index is 12.9. The fourth-order valence-corrected chi connectivity index (χ4v) is 2.97. The number of ether oxygens (including phenoxy) is 2. The number of benzene rings is 1. The molecule has 4 rings (SSSR count). The molecule has 1 aliphatic heterocycles. The Bertz CT molecular complexity index is 933. The zero-order chi connectivity index (χ0) is 18.8. The Morgan fingerprint density at radius 3 is 2.81 bits per heavy atom. The highest BCUT2D eigenvalue weighted by atomic mass is 16.5. The summed E-state index contributed by atoms with van der Waals surface area (Å²) in [6, 6.07) is 9.19. The van der Waals surface area contributed by atoms with E-state index in [9.17, 15) is 4.79 Å². The average Bonchev–Trinajstić information content (AvgIpc) is 3.37. The van der Waals surface area contributed by atoms with Crippen molar-refractivity contribution in [2.75, 3.05) is 26.8 Å². The van der Waals surface area contributed by atoms with Crippen LogP contribution in [0.2, 0.25) is 0 Å². The van der Waals surface area contributed by atoms with E-state index in [1.165, 1.54) is 0 Å². The molecule has 1 unspecified atom stereocenters. The van der Waals surface area contributed by atoms with Crippen LogP contribution in [0.15, 0.2) is 36.5 Å². The molecule has 2 aromatic heterocycles. The quantitative estimate of drug-likeness (QED) is 0.750. The van der Waals surface area contributed by atoms with Crippen molar-refractivity contribution in [1.82, 2.24) is 29.9 Å². The summed E-state index contributed by atoms with van der Waals surface area (Å²) in [5.74, 6) is 1.91. The molecule has 27 heavy (non-hydrogen) atoms. The number of nitrogens with one attached hydrogen (secondary N) is 1. The van der Waals surface area contributed by atoms with Gasteiger partial charge in [-0.2, -0.15) is 10.2 Å². The van der Waals surface area contributed by atoms with Crippen LogP contribution in [0.1, 0.15) is 28.2 Å². The van der Waals surface area contributed by atoms with Gasteiger partial charge in [0.2, 0.25) is 0 Å². The lowest BCUT2D eigenvalue weighted by molar-refractivity contribution is -0.0268. The number of nitrogens with zero attached hydrogens (tertiary/aromatic N) is 5. The zero-order valence-electron chi connectivity index (χ0n) is 15.1. The summed E-state index contributed by atoms with van der Waals surface area (Å²) < 4.78 is 12.5. The molecular weight excluding hydrogens is 348 g/mol. The second-order valence-electron chi connectivity index (χ2n) is 6.23. The molecule has 1 amide bonds. The Balaban J connectivity index is 1.48. The first-order valence-electron chi connectivity index (χ1n) is 8.64. The van der Waals surface area contributed by atoms with Crippen molar-refractivity contribution in [3.8, 4) is 11.4 Å². The first-order valence-corrected chi connectivity index (χ1v) is 8.64. The smallest absolute Gasteiger partial charge is 0.274 e. The summed E-state index contributed by atoms with van der Waals surface area (Å²) in [6.45, 7) is 3.16. The van der Waals surface area contributed by atoms with E-state index in [-0.39, 0.29) is 12.0 Å². The average molecular weight is 368 g/mol. The number of H-pyrrole nitrogens is 1. The van der Waals surface area contributed by atoms with Gasteiger partial charge in [-0.05, 0) is 37.3 Å². The molecular formula is C18H20N6O3. The molecule has 9 nitrogen and oxygen atoms in total. The predicted molar refractivity (Wildman–Crippen MR) is 95.8 cm³/mol. The highest BCUT2D eigenvalue weighted by Crippen LogP contribution is 2.21. The Morgan fingerprint density at radius 1 is 1.30 bits per heavy atom. The van der Waals surface area contributed by atoms with Gasteiger partial charge in [0, 0.05) is 12.7 Å². The minimum Gasteiger partial charge on any atom is -0.497 e. The molecule has 0 saturated carbocycles. The SMILES string of the molecule is COc1ccc(-n2ccc(C(=O)N3CCOC(c4n[nH]c(C)n4)C3)n2)cc1. The maximum absolute atomic E-state index is 12.9. The van der Waals surface area contributed by atoms with E-state index >= 15 is 0 Å². The largest absolute Gasteiger partial charge is 0.497 e. The molecule has 3 aromatic rings. The molecule has 1 fully saturated rings. The van der Waals surface area contributed by atoms with E-state index in [1.54, 1.807) is 29.0 Å². The van der Waals surface area contributed by atoms with Crippen LogP contribution in [0.3, 0.4) is 0 Å². The van der Waals surface area contributed by atoms with Gasteiger partial charge in [-0.3, -0.25) is 9.89 Å². The van der Waals surface area contributed by atoms with Gasteiger partial charge in [-0.25, -0.2) is 9.67 Å². The standard InChI is InChI=1S/C18H20N6O3/c1-12-19-17(21-20-12)16-11-23(9-10-27-16)18(25)15-7-8-24(22-15)13-3-5-14(26-2)6-4-13/h3-8,16H,9-11H2,1-2H3,(H,19,20,21). The lowest BCUT2D eigenvalue weighted by Gasteiger charge is -2.31. The monoisotopic (exact) mass is 368 g/mol. The Hall–Kier alpha value is -3.20. The number of amides is 1. The lowest BCUT2D eigenvalue weighted by Crippen LogP contribution is -2.42. The van der Waals surface area contributed by atoms with Crippen molar-refractivity contribution >= 4 is 5.91 Å². The van der Waals surface area contributed by atoms with Crippen LogP contribution >= 0.6 is 0 Å². The molecule has 0 bridgehead atoms. The Morgan fingerprint density at radius 2 is 2.11 bits per heavy atom. The fraction of sp³-hybridized carbons (Fsp3) is 0.333. The molecule has 140 valence electrons. The molecule has 0 radical (unpaired) electrons. The first-order chi connectivity index (χ1) is 13.1. The van der Waals surface area contributed by atoms with Gasteiger partial charge in [-0.15, -0.1) is 0 Å².